The van der Waals surface area contributed by atoms with Crippen LogP contribution in [0.1, 0.15) is 6.42 Å². The van der Waals surface area contributed by atoms with Crippen LogP contribution < -0.4 is 5.32 Å². The molecular formula is C9H17N3O3. The fourth-order valence-electron chi connectivity index (χ4n) is 1.42. The minimum Gasteiger partial charge on any atom is -0.391 e. The molecule has 1 fully saturated rings. The van der Waals surface area contributed by atoms with Crippen LogP contribution in [0.3, 0.4) is 0 Å². The number of nitrogens with one attached hydrogen (secondary N) is 1. The second-order valence-corrected chi connectivity index (χ2v) is 3.82. The zero-order valence-electron chi connectivity index (χ0n) is 9.06. The van der Waals surface area contributed by atoms with Gasteiger partial charge in [-0.2, -0.15) is 0 Å². The van der Waals surface area contributed by atoms with Gasteiger partial charge < -0.3 is 20.2 Å². The number of aliphatic hydroxyl groups excluding tert-OH is 1. The molecule has 1 aliphatic rings. The second kappa shape index (κ2) is 4.97. The number of aliphatic hydroxyl groups is 1. The average Bonchev–Trinajstić information content (AvgIpc) is 2.45. The summed E-state index contributed by atoms with van der Waals surface area (Å²) in [4.78, 5) is 25.3. The van der Waals surface area contributed by atoms with Crippen LogP contribution in [0.5, 0.6) is 0 Å². The highest BCUT2D eigenvalue weighted by Gasteiger charge is 2.27. The minimum absolute atomic E-state index is 0.0541. The molecule has 0 radical (unpaired) electrons. The molecule has 0 aliphatic carbocycles. The number of nitrogens with zero attached hydrogens (tertiary/aromatic N) is 2. The SMILES string of the molecule is CN(C)C(=O)NCCN1CC(O)CC1=O. The van der Waals surface area contributed by atoms with Crippen molar-refractivity contribution in [1.82, 2.24) is 15.1 Å². The summed E-state index contributed by atoms with van der Waals surface area (Å²) in [6, 6.07) is -0.179. The Morgan fingerprint density at radius 1 is 1.67 bits per heavy atom. The molecule has 0 spiro atoms. The van der Waals surface area contributed by atoms with E-state index in [4.69, 9.17) is 0 Å². The molecule has 0 aromatic carbocycles. The molecular weight excluding hydrogens is 198 g/mol. The van der Waals surface area contributed by atoms with Gasteiger partial charge in [0.2, 0.25) is 5.91 Å². The Balaban J connectivity index is 2.21. The summed E-state index contributed by atoms with van der Waals surface area (Å²) in [5, 5.41) is 11.9. The van der Waals surface area contributed by atoms with E-state index in [0.717, 1.165) is 0 Å². The standard InChI is InChI=1S/C9H17N3O3/c1-11(2)9(15)10-3-4-12-6-7(13)5-8(12)14/h7,13H,3-6H2,1-2H3,(H,10,15). The van der Waals surface area contributed by atoms with Gasteiger partial charge in [0, 0.05) is 33.7 Å². The molecule has 6 heteroatoms. The Hall–Kier alpha value is -1.30. The highest BCUT2D eigenvalue weighted by atomic mass is 16.3. The predicted octanol–water partition coefficient (Wildman–Crippen LogP) is -1.15. The molecule has 2 N–H and O–H groups in total. The molecule has 86 valence electrons. The summed E-state index contributed by atoms with van der Waals surface area (Å²) < 4.78 is 0. The van der Waals surface area contributed by atoms with Crippen LogP contribution in [0, 0.1) is 0 Å². The normalized spacial score (nSPS) is 20.6. The highest BCUT2D eigenvalue weighted by Crippen LogP contribution is 2.09. The first-order valence-corrected chi connectivity index (χ1v) is 4.91. The van der Waals surface area contributed by atoms with Crippen LogP contribution in [0.15, 0.2) is 0 Å². The van der Waals surface area contributed by atoms with Gasteiger partial charge >= 0.3 is 6.03 Å². The number of urea groups is 1. The molecule has 0 bridgehead atoms. The lowest BCUT2D eigenvalue weighted by molar-refractivity contribution is -0.127. The van der Waals surface area contributed by atoms with Crippen LogP contribution in [-0.2, 0) is 4.79 Å². The summed E-state index contributed by atoms with van der Waals surface area (Å²) in [5.41, 5.74) is 0. The van der Waals surface area contributed by atoms with Crippen molar-refractivity contribution in [2.24, 2.45) is 0 Å². The number of likely N-dealkylation sites (tertiary alicyclic amines) is 1. The van der Waals surface area contributed by atoms with E-state index in [1.807, 2.05) is 0 Å². The van der Waals surface area contributed by atoms with Gasteiger partial charge in [-0.05, 0) is 0 Å². The molecule has 1 saturated heterocycles. The number of hydrogen-bond acceptors (Lipinski definition) is 3. The smallest absolute Gasteiger partial charge is 0.316 e. The highest BCUT2D eigenvalue weighted by molar-refractivity contribution is 5.79. The topological polar surface area (TPSA) is 72.9 Å². The maximum Gasteiger partial charge on any atom is 0.316 e. The lowest BCUT2D eigenvalue weighted by atomic mass is 10.3. The molecule has 1 atom stereocenters. The van der Waals surface area contributed by atoms with Crippen LogP contribution in [0.2, 0.25) is 0 Å². The number of hydrogen-bond donors (Lipinski definition) is 2. The van der Waals surface area contributed by atoms with E-state index < -0.39 is 6.10 Å². The fourth-order valence-corrected chi connectivity index (χ4v) is 1.42. The number of carbonyl (C=O) groups excluding carboxylic acids is 2. The van der Waals surface area contributed by atoms with Gasteiger partial charge in [-0.15, -0.1) is 0 Å². The third-order valence-electron chi connectivity index (χ3n) is 2.26. The monoisotopic (exact) mass is 215 g/mol. The van der Waals surface area contributed by atoms with E-state index in [1.165, 1.54) is 4.90 Å². The molecule has 6 nitrogen and oxygen atoms in total. The lowest BCUT2D eigenvalue weighted by Gasteiger charge is -2.17. The fraction of sp³-hybridized carbons (Fsp3) is 0.778. The van der Waals surface area contributed by atoms with Crippen molar-refractivity contribution in [3.05, 3.63) is 0 Å². The first kappa shape index (κ1) is 11.8. The Labute approximate surface area is 88.8 Å². The third kappa shape index (κ3) is 3.39. The van der Waals surface area contributed by atoms with Crippen LogP contribution in [0.4, 0.5) is 4.79 Å². The summed E-state index contributed by atoms with van der Waals surface area (Å²) in [6.45, 7) is 1.24. The van der Waals surface area contributed by atoms with E-state index in [0.29, 0.717) is 19.6 Å². The Kier molecular flexibility index (Phi) is 3.90. The third-order valence-corrected chi connectivity index (χ3v) is 2.26. The zero-order valence-corrected chi connectivity index (χ0v) is 9.06. The molecule has 1 unspecified atom stereocenters. The molecule has 3 amide bonds. The summed E-state index contributed by atoms with van der Waals surface area (Å²) in [7, 11) is 3.31. The van der Waals surface area contributed by atoms with Gasteiger partial charge in [-0.1, -0.05) is 0 Å². The van der Waals surface area contributed by atoms with Crippen molar-refractivity contribution < 1.29 is 14.7 Å². The van der Waals surface area contributed by atoms with Gasteiger partial charge in [0.05, 0.1) is 12.5 Å². The number of rotatable bonds is 3. The van der Waals surface area contributed by atoms with Crippen molar-refractivity contribution in [3.8, 4) is 0 Å². The van der Waals surface area contributed by atoms with Gasteiger partial charge in [0.25, 0.3) is 0 Å². The largest absolute Gasteiger partial charge is 0.391 e. The average molecular weight is 215 g/mol. The van der Waals surface area contributed by atoms with E-state index in [-0.39, 0.29) is 18.4 Å². The Morgan fingerprint density at radius 3 is 2.80 bits per heavy atom. The molecule has 1 rings (SSSR count). The van der Waals surface area contributed by atoms with E-state index in [2.05, 4.69) is 5.32 Å². The predicted molar refractivity (Wildman–Crippen MR) is 54.3 cm³/mol. The van der Waals surface area contributed by atoms with Crippen molar-refractivity contribution >= 4 is 11.9 Å². The molecule has 0 aromatic rings. The number of β-amino-alcohol motifs (C(OH)–C–C–N with tert-alkyl or cyclic N) is 1. The van der Waals surface area contributed by atoms with E-state index in [9.17, 15) is 14.7 Å². The number of carbonyl (C=O) groups is 2. The molecule has 1 heterocycles. The van der Waals surface area contributed by atoms with Crippen LogP contribution in [0.25, 0.3) is 0 Å². The van der Waals surface area contributed by atoms with Crippen LogP contribution >= 0.6 is 0 Å². The summed E-state index contributed by atoms with van der Waals surface area (Å²) >= 11 is 0. The van der Waals surface area contributed by atoms with Crippen molar-refractivity contribution in [2.75, 3.05) is 33.7 Å². The van der Waals surface area contributed by atoms with Crippen LogP contribution in [-0.4, -0.2) is 66.7 Å². The van der Waals surface area contributed by atoms with Gasteiger partial charge in [0.1, 0.15) is 0 Å². The molecule has 1 aliphatic heterocycles. The maximum atomic E-state index is 11.2. The van der Waals surface area contributed by atoms with E-state index in [1.54, 1.807) is 19.0 Å². The second-order valence-electron chi connectivity index (χ2n) is 3.82. The van der Waals surface area contributed by atoms with Crippen molar-refractivity contribution in [1.29, 1.82) is 0 Å². The lowest BCUT2D eigenvalue weighted by Crippen LogP contribution is -2.40. The zero-order chi connectivity index (χ0) is 11.4. The number of amides is 3. The quantitative estimate of drug-likeness (QED) is 0.624. The Bertz CT molecular complexity index is 255. The first-order valence-electron chi connectivity index (χ1n) is 4.91. The first-order chi connectivity index (χ1) is 7.00. The van der Waals surface area contributed by atoms with Crippen molar-refractivity contribution in [3.63, 3.8) is 0 Å². The van der Waals surface area contributed by atoms with Gasteiger partial charge in [0.15, 0.2) is 0 Å². The molecule has 0 saturated carbocycles. The van der Waals surface area contributed by atoms with Crippen molar-refractivity contribution in [2.45, 2.75) is 12.5 Å². The maximum absolute atomic E-state index is 11.2. The Morgan fingerprint density at radius 2 is 2.33 bits per heavy atom. The minimum atomic E-state index is -0.554. The van der Waals surface area contributed by atoms with Gasteiger partial charge in [-0.3, -0.25) is 4.79 Å². The molecule has 15 heavy (non-hydrogen) atoms. The van der Waals surface area contributed by atoms with Gasteiger partial charge in [-0.25, -0.2) is 4.79 Å². The summed E-state index contributed by atoms with van der Waals surface area (Å²) in [6.07, 6.45) is -0.358. The summed E-state index contributed by atoms with van der Waals surface area (Å²) in [5.74, 6) is -0.0541. The molecule has 0 aromatic heterocycles. The van der Waals surface area contributed by atoms with E-state index >= 15 is 0 Å².